The number of aryl methyl sites for hydroxylation is 1. The van der Waals surface area contributed by atoms with Crippen LogP contribution >= 0.6 is 0 Å². The molecule has 0 N–H and O–H groups in total. The molecule has 0 aliphatic rings. The topological polar surface area (TPSA) is 50.5 Å². The Morgan fingerprint density at radius 3 is 2.62 bits per heavy atom. The first-order valence-corrected chi connectivity index (χ1v) is 9.49. The Morgan fingerprint density at radius 1 is 1.07 bits per heavy atom. The van der Waals surface area contributed by atoms with Crippen LogP contribution < -0.4 is 0 Å². The molecule has 0 spiro atoms. The normalized spacial score (nSPS) is 11.0. The Labute approximate surface area is 168 Å². The first-order chi connectivity index (χ1) is 14.1. The number of halogens is 1. The molecule has 0 saturated heterocycles. The van der Waals surface area contributed by atoms with Crippen molar-refractivity contribution >= 4 is 11.6 Å². The lowest BCUT2D eigenvalue weighted by molar-refractivity contribution is 0.0737. The van der Waals surface area contributed by atoms with E-state index in [-0.39, 0.29) is 5.91 Å². The molecule has 5 nitrogen and oxygen atoms in total. The number of benzene rings is 1. The number of fused-ring (bicyclic) bond motifs is 1. The molecule has 0 saturated carbocycles. The highest BCUT2D eigenvalue weighted by atomic mass is 19.1. The summed E-state index contributed by atoms with van der Waals surface area (Å²) in [7, 11) is 0. The van der Waals surface area contributed by atoms with Gasteiger partial charge in [-0.3, -0.25) is 14.2 Å². The molecular weight excluding hydrogens is 367 g/mol. The summed E-state index contributed by atoms with van der Waals surface area (Å²) in [6, 6.07) is 18.5. The zero-order valence-electron chi connectivity index (χ0n) is 16.1. The van der Waals surface area contributed by atoms with Gasteiger partial charge in [-0.1, -0.05) is 36.4 Å². The molecule has 0 unspecified atom stereocenters. The zero-order chi connectivity index (χ0) is 20.2. The molecule has 1 aromatic carbocycles. The van der Waals surface area contributed by atoms with Gasteiger partial charge in [-0.15, -0.1) is 0 Å². The molecule has 4 rings (SSSR count). The van der Waals surface area contributed by atoms with Gasteiger partial charge in [-0.05, 0) is 36.8 Å². The Bertz CT molecular complexity index is 1130. The van der Waals surface area contributed by atoms with Crippen molar-refractivity contribution in [3.63, 3.8) is 0 Å². The maximum atomic E-state index is 13.8. The van der Waals surface area contributed by atoms with Gasteiger partial charge in [-0.2, -0.15) is 0 Å². The lowest BCUT2D eigenvalue weighted by atomic mass is 10.1. The number of amides is 1. The van der Waals surface area contributed by atoms with Crippen molar-refractivity contribution < 1.29 is 9.18 Å². The largest absolute Gasteiger partial charge is 0.333 e. The second-order valence-corrected chi connectivity index (χ2v) is 6.90. The van der Waals surface area contributed by atoms with Crippen molar-refractivity contribution in [2.75, 3.05) is 6.54 Å². The number of aromatic nitrogens is 3. The smallest absolute Gasteiger partial charge is 0.273 e. The van der Waals surface area contributed by atoms with E-state index in [4.69, 9.17) is 0 Å². The van der Waals surface area contributed by atoms with Crippen LogP contribution in [0, 0.1) is 12.7 Å². The van der Waals surface area contributed by atoms with Gasteiger partial charge in [0, 0.05) is 37.6 Å². The lowest BCUT2D eigenvalue weighted by Crippen LogP contribution is -2.34. The van der Waals surface area contributed by atoms with Gasteiger partial charge < -0.3 is 4.90 Å². The summed E-state index contributed by atoms with van der Waals surface area (Å²) in [5.41, 5.74) is 3.46. The Hall–Kier alpha value is -3.54. The van der Waals surface area contributed by atoms with Crippen molar-refractivity contribution in [3.8, 4) is 0 Å². The third-order valence-electron chi connectivity index (χ3n) is 4.83. The minimum Gasteiger partial charge on any atom is -0.333 e. The van der Waals surface area contributed by atoms with E-state index < -0.39 is 5.82 Å². The van der Waals surface area contributed by atoms with Crippen LogP contribution in [0.25, 0.3) is 5.65 Å². The number of rotatable bonds is 6. The third kappa shape index (κ3) is 4.16. The Balaban J connectivity index is 1.67. The average Bonchev–Trinajstić information content (AvgIpc) is 3.07. The fourth-order valence-corrected chi connectivity index (χ4v) is 3.40. The molecule has 0 fully saturated rings. The molecule has 3 heterocycles. The highest BCUT2D eigenvalue weighted by Gasteiger charge is 2.23. The standard InChI is InChI=1S/C23H21FN4O/c1-17-22(28-16-19(24)10-11-21(28)26-17)23(29)27(15-18-7-3-2-4-8-18)14-12-20-9-5-6-13-25-20/h2-11,13,16H,12,14-15H2,1H3. The molecule has 0 atom stereocenters. The molecule has 0 bridgehead atoms. The van der Waals surface area contributed by atoms with E-state index >= 15 is 0 Å². The van der Waals surface area contributed by atoms with Gasteiger partial charge in [-0.25, -0.2) is 9.37 Å². The van der Waals surface area contributed by atoms with Crippen LogP contribution in [0.3, 0.4) is 0 Å². The monoisotopic (exact) mass is 388 g/mol. The summed E-state index contributed by atoms with van der Waals surface area (Å²) in [4.78, 5) is 24.0. The van der Waals surface area contributed by atoms with Crippen molar-refractivity contribution in [3.05, 3.63) is 102 Å². The van der Waals surface area contributed by atoms with Crippen LogP contribution in [-0.2, 0) is 13.0 Å². The number of pyridine rings is 2. The average molecular weight is 388 g/mol. The van der Waals surface area contributed by atoms with Crippen molar-refractivity contribution in [2.45, 2.75) is 19.9 Å². The number of carbonyl (C=O) groups excluding carboxylic acids is 1. The molecule has 1 amide bonds. The van der Waals surface area contributed by atoms with E-state index in [2.05, 4.69) is 9.97 Å². The van der Waals surface area contributed by atoms with Crippen molar-refractivity contribution in [1.82, 2.24) is 19.3 Å². The molecule has 4 aromatic rings. The van der Waals surface area contributed by atoms with Crippen LogP contribution in [0.1, 0.15) is 27.4 Å². The first-order valence-electron chi connectivity index (χ1n) is 9.49. The summed E-state index contributed by atoms with van der Waals surface area (Å²) in [5.74, 6) is -0.590. The van der Waals surface area contributed by atoms with Crippen LogP contribution in [0.15, 0.2) is 73.1 Å². The Morgan fingerprint density at radius 2 is 1.86 bits per heavy atom. The van der Waals surface area contributed by atoms with Gasteiger partial charge >= 0.3 is 0 Å². The summed E-state index contributed by atoms with van der Waals surface area (Å²) in [6.45, 7) is 2.72. The molecule has 6 heteroatoms. The van der Waals surface area contributed by atoms with E-state index in [0.717, 1.165) is 11.3 Å². The summed E-state index contributed by atoms with van der Waals surface area (Å²) >= 11 is 0. The van der Waals surface area contributed by atoms with E-state index in [1.807, 2.05) is 48.5 Å². The van der Waals surface area contributed by atoms with Gasteiger partial charge in [0.05, 0.1) is 5.69 Å². The summed E-state index contributed by atoms with van der Waals surface area (Å²) in [5, 5.41) is 0. The fraction of sp³-hybridized carbons (Fsp3) is 0.174. The van der Waals surface area contributed by atoms with E-state index in [1.54, 1.807) is 24.1 Å². The number of imidazole rings is 1. The van der Waals surface area contributed by atoms with Crippen LogP contribution in [0.5, 0.6) is 0 Å². The molecule has 0 radical (unpaired) electrons. The summed E-state index contributed by atoms with van der Waals surface area (Å²) < 4.78 is 15.4. The van der Waals surface area contributed by atoms with Gasteiger partial charge in [0.15, 0.2) is 0 Å². The number of carbonyl (C=O) groups is 1. The zero-order valence-corrected chi connectivity index (χ0v) is 16.1. The molecular formula is C23H21FN4O. The second kappa shape index (κ2) is 8.22. The Kier molecular flexibility index (Phi) is 5.33. The number of nitrogens with zero attached hydrogens (tertiary/aromatic N) is 4. The van der Waals surface area contributed by atoms with Crippen LogP contribution in [0.2, 0.25) is 0 Å². The predicted octanol–water partition coefficient (Wildman–Crippen LogP) is 4.06. The quantitative estimate of drug-likeness (QED) is 0.500. The highest BCUT2D eigenvalue weighted by molar-refractivity contribution is 5.94. The molecule has 3 aromatic heterocycles. The molecule has 29 heavy (non-hydrogen) atoms. The van der Waals surface area contributed by atoms with Crippen LogP contribution in [-0.4, -0.2) is 31.7 Å². The minimum absolute atomic E-state index is 0.180. The number of hydrogen-bond donors (Lipinski definition) is 0. The van der Waals surface area contributed by atoms with Crippen molar-refractivity contribution in [1.29, 1.82) is 0 Å². The third-order valence-corrected chi connectivity index (χ3v) is 4.83. The van der Waals surface area contributed by atoms with E-state index in [1.165, 1.54) is 16.7 Å². The van der Waals surface area contributed by atoms with Gasteiger partial charge in [0.1, 0.15) is 17.2 Å². The van der Waals surface area contributed by atoms with Crippen molar-refractivity contribution in [2.24, 2.45) is 0 Å². The van der Waals surface area contributed by atoms with Crippen LogP contribution in [0.4, 0.5) is 4.39 Å². The highest BCUT2D eigenvalue weighted by Crippen LogP contribution is 2.17. The maximum absolute atomic E-state index is 13.8. The minimum atomic E-state index is -0.410. The molecule has 0 aliphatic carbocycles. The van der Waals surface area contributed by atoms with E-state index in [9.17, 15) is 9.18 Å². The van der Waals surface area contributed by atoms with Gasteiger partial charge in [0.25, 0.3) is 5.91 Å². The predicted molar refractivity (Wildman–Crippen MR) is 109 cm³/mol. The summed E-state index contributed by atoms with van der Waals surface area (Å²) in [6.07, 6.45) is 3.68. The van der Waals surface area contributed by atoms with E-state index in [0.29, 0.717) is 36.5 Å². The maximum Gasteiger partial charge on any atom is 0.273 e. The molecule has 146 valence electrons. The number of hydrogen-bond acceptors (Lipinski definition) is 3. The van der Waals surface area contributed by atoms with Gasteiger partial charge in [0.2, 0.25) is 0 Å². The fourth-order valence-electron chi connectivity index (χ4n) is 3.40. The molecule has 0 aliphatic heterocycles. The SMILES string of the molecule is Cc1nc2ccc(F)cn2c1C(=O)N(CCc1ccccn1)Cc1ccccc1. The lowest BCUT2D eigenvalue weighted by Gasteiger charge is -2.23. The first kappa shape index (κ1) is 18.8. The second-order valence-electron chi connectivity index (χ2n) is 6.90.